The van der Waals surface area contributed by atoms with Crippen LogP contribution in [0, 0.1) is 20.2 Å². The first-order valence-electron chi connectivity index (χ1n) is 9.81. The number of halogens is 1. The van der Waals surface area contributed by atoms with Crippen LogP contribution in [0.4, 0.5) is 11.9 Å². The molecule has 0 aliphatic heterocycles. The summed E-state index contributed by atoms with van der Waals surface area (Å²) in [5.74, 6) is -0.474. The molecular formula is C16H26ClN8O6P. The third kappa shape index (κ3) is 6.33. The van der Waals surface area contributed by atoms with Gasteiger partial charge in [-0.05, 0) is 22.7 Å². The predicted octanol–water partition coefficient (Wildman–Crippen LogP) is 2.60. The van der Waals surface area contributed by atoms with Crippen LogP contribution in [0.1, 0.15) is 31.2 Å². The summed E-state index contributed by atoms with van der Waals surface area (Å²) in [4.78, 5) is 28.8. The van der Waals surface area contributed by atoms with E-state index in [1.165, 1.54) is 33.2 Å². The van der Waals surface area contributed by atoms with Crippen LogP contribution >= 0.6 is 19.3 Å². The van der Waals surface area contributed by atoms with Crippen molar-refractivity contribution in [3.8, 4) is 0 Å². The highest BCUT2D eigenvalue weighted by Crippen LogP contribution is 2.43. The van der Waals surface area contributed by atoms with Crippen LogP contribution in [0.5, 0.6) is 0 Å². The molecule has 2 heterocycles. The number of aromatic nitrogens is 4. The first-order valence-corrected chi connectivity index (χ1v) is 12.0. The van der Waals surface area contributed by atoms with E-state index in [1.54, 1.807) is 0 Å². The minimum Gasteiger partial charge on any atom is -0.390 e. The smallest absolute Gasteiger partial charge is 0.390 e. The molecule has 2 N–H and O–H groups in total. The number of imidazole rings is 2. The molecule has 14 nitrogen and oxygen atoms in total. The van der Waals surface area contributed by atoms with E-state index in [2.05, 4.69) is 9.97 Å². The highest BCUT2D eigenvalue weighted by atomic mass is 35.5. The minimum atomic E-state index is -3.69. The van der Waals surface area contributed by atoms with Gasteiger partial charge in [-0.3, -0.25) is 9.09 Å². The largest absolute Gasteiger partial charge is 0.434 e. The minimum absolute atomic E-state index is 0.216. The SMILES string of the molecule is CCCN(CCCl)P(N)(=O)OCc1c(CCCn2ccnc2[N+](=O)[O-])nc([N+](=O)[O-])n1C. The van der Waals surface area contributed by atoms with Gasteiger partial charge in [0.2, 0.25) is 0 Å². The second-order valence-corrected chi connectivity index (χ2v) is 9.21. The molecule has 178 valence electrons. The average Bonchev–Trinajstić information content (AvgIpc) is 3.31. The van der Waals surface area contributed by atoms with Crippen molar-refractivity contribution in [3.63, 3.8) is 0 Å². The van der Waals surface area contributed by atoms with Gasteiger partial charge in [-0.15, -0.1) is 11.6 Å². The normalized spacial score (nSPS) is 13.4. The lowest BCUT2D eigenvalue weighted by atomic mass is 10.2. The number of rotatable bonds is 14. The van der Waals surface area contributed by atoms with Crippen LogP contribution in [0.25, 0.3) is 0 Å². The molecule has 2 aromatic rings. The van der Waals surface area contributed by atoms with Crippen molar-refractivity contribution in [2.75, 3.05) is 19.0 Å². The summed E-state index contributed by atoms with van der Waals surface area (Å²) < 4.78 is 22.5. The Balaban J connectivity index is 2.17. The molecular weight excluding hydrogens is 467 g/mol. The van der Waals surface area contributed by atoms with E-state index >= 15 is 0 Å². The van der Waals surface area contributed by atoms with Gasteiger partial charge in [0.25, 0.3) is 0 Å². The van der Waals surface area contributed by atoms with Gasteiger partial charge in [0, 0.05) is 25.4 Å². The van der Waals surface area contributed by atoms with Crippen LogP contribution in [-0.4, -0.2) is 52.6 Å². The van der Waals surface area contributed by atoms with E-state index < -0.39 is 23.5 Å². The summed E-state index contributed by atoms with van der Waals surface area (Å²) in [5.41, 5.74) is 6.63. The van der Waals surface area contributed by atoms with Gasteiger partial charge in [0.1, 0.15) is 24.7 Å². The Morgan fingerprint density at radius 1 is 1.28 bits per heavy atom. The summed E-state index contributed by atoms with van der Waals surface area (Å²) in [7, 11) is -2.23. The van der Waals surface area contributed by atoms with Crippen molar-refractivity contribution in [1.82, 2.24) is 23.8 Å². The lowest BCUT2D eigenvalue weighted by molar-refractivity contribution is -0.396. The van der Waals surface area contributed by atoms with Crippen LogP contribution in [0.2, 0.25) is 0 Å². The number of aryl methyl sites for hydroxylation is 2. The van der Waals surface area contributed by atoms with Gasteiger partial charge in [-0.25, -0.2) is 19.3 Å². The Labute approximate surface area is 189 Å². The van der Waals surface area contributed by atoms with Gasteiger partial charge in [-0.1, -0.05) is 16.9 Å². The van der Waals surface area contributed by atoms with Gasteiger partial charge < -0.3 is 20.2 Å². The molecule has 2 rings (SSSR count). The van der Waals surface area contributed by atoms with E-state index in [9.17, 15) is 24.8 Å². The first kappa shape index (κ1) is 25.9. The Morgan fingerprint density at radius 2 is 1.97 bits per heavy atom. The zero-order chi connectivity index (χ0) is 23.9. The maximum atomic E-state index is 12.9. The number of nitrogens with two attached hydrogens (primary N) is 1. The molecule has 0 radical (unpaired) electrons. The maximum Gasteiger partial charge on any atom is 0.434 e. The number of hydrogen-bond donors (Lipinski definition) is 1. The predicted molar refractivity (Wildman–Crippen MR) is 116 cm³/mol. The Kier molecular flexibility index (Phi) is 9.28. The van der Waals surface area contributed by atoms with Gasteiger partial charge in [0.15, 0.2) is 5.69 Å². The fraction of sp³-hybridized carbons (Fsp3) is 0.625. The molecule has 16 heteroatoms. The molecule has 0 fully saturated rings. The molecule has 2 aromatic heterocycles. The summed E-state index contributed by atoms with van der Waals surface area (Å²) in [6.45, 7) is 2.59. The van der Waals surface area contributed by atoms with Crippen LogP contribution < -0.4 is 5.50 Å². The first-order chi connectivity index (χ1) is 15.1. The number of nitrogens with zero attached hydrogens (tertiary/aromatic N) is 7. The average molecular weight is 493 g/mol. The van der Waals surface area contributed by atoms with Gasteiger partial charge in [-0.2, -0.15) is 0 Å². The number of hydrogen-bond acceptors (Lipinski definition) is 8. The van der Waals surface area contributed by atoms with Crippen molar-refractivity contribution in [3.05, 3.63) is 44.0 Å². The summed E-state index contributed by atoms with van der Waals surface area (Å²) in [6, 6.07) is 0. The molecule has 1 atom stereocenters. The van der Waals surface area contributed by atoms with Crippen LogP contribution in [-0.2, 0) is 35.7 Å². The zero-order valence-electron chi connectivity index (χ0n) is 17.8. The third-order valence-electron chi connectivity index (χ3n) is 4.71. The molecule has 0 aliphatic rings. The Morgan fingerprint density at radius 3 is 2.56 bits per heavy atom. The summed E-state index contributed by atoms with van der Waals surface area (Å²) in [5, 5.41) is 22.3. The highest BCUT2D eigenvalue weighted by molar-refractivity contribution is 7.53. The molecule has 0 saturated carbocycles. The van der Waals surface area contributed by atoms with E-state index in [-0.39, 0.29) is 37.9 Å². The molecule has 0 spiro atoms. The standard InChI is InChI=1S/C16H26ClN8O6P/c1-3-8-23(10-6-17)32(18,30)31-12-14-13(20-16(21(14)2)25(28)29)5-4-9-22-11-7-19-15(22)24(26)27/h7,11H,3-6,8-10,12H2,1-2H3,(H2,18,30). The van der Waals surface area contributed by atoms with Gasteiger partial charge >= 0.3 is 19.6 Å². The van der Waals surface area contributed by atoms with Crippen molar-refractivity contribution in [2.24, 2.45) is 12.6 Å². The van der Waals surface area contributed by atoms with Crippen molar-refractivity contribution in [2.45, 2.75) is 39.3 Å². The van der Waals surface area contributed by atoms with Crippen molar-refractivity contribution >= 4 is 31.2 Å². The van der Waals surface area contributed by atoms with Crippen molar-refractivity contribution in [1.29, 1.82) is 0 Å². The van der Waals surface area contributed by atoms with Crippen molar-refractivity contribution < 1.29 is 18.9 Å². The van der Waals surface area contributed by atoms with E-state index in [1.807, 2.05) is 6.92 Å². The van der Waals surface area contributed by atoms with E-state index in [0.717, 1.165) is 0 Å². The molecule has 0 saturated heterocycles. The Hall–Kier alpha value is -2.38. The monoisotopic (exact) mass is 492 g/mol. The lowest BCUT2D eigenvalue weighted by Gasteiger charge is -2.26. The number of nitro groups is 2. The molecule has 0 amide bonds. The van der Waals surface area contributed by atoms with E-state index in [4.69, 9.17) is 21.6 Å². The molecule has 0 aromatic carbocycles. The summed E-state index contributed by atoms with van der Waals surface area (Å²) in [6.07, 6.45) is 4.15. The number of alkyl halides is 1. The third-order valence-corrected chi connectivity index (χ3v) is 6.57. The van der Waals surface area contributed by atoms with Crippen LogP contribution in [0.3, 0.4) is 0 Å². The topological polar surface area (TPSA) is 177 Å². The summed E-state index contributed by atoms with van der Waals surface area (Å²) >= 11 is 5.76. The highest BCUT2D eigenvalue weighted by Gasteiger charge is 2.30. The molecule has 0 aliphatic carbocycles. The maximum absolute atomic E-state index is 12.9. The van der Waals surface area contributed by atoms with E-state index in [0.29, 0.717) is 30.8 Å². The lowest BCUT2D eigenvalue weighted by Crippen LogP contribution is -2.28. The molecule has 1 unspecified atom stereocenters. The molecule has 32 heavy (non-hydrogen) atoms. The van der Waals surface area contributed by atoms with Crippen LogP contribution in [0.15, 0.2) is 12.4 Å². The quantitative estimate of drug-likeness (QED) is 0.178. The second-order valence-electron chi connectivity index (χ2n) is 6.88. The van der Waals surface area contributed by atoms with Gasteiger partial charge in [0.05, 0.1) is 13.6 Å². The fourth-order valence-electron chi connectivity index (χ4n) is 3.16. The zero-order valence-corrected chi connectivity index (χ0v) is 19.4. The Bertz CT molecular complexity index is 989. The molecule has 0 bridgehead atoms. The fourth-order valence-corrected chi connectivity index (χ4v) is 4.81. The second kappa shape index (κ2) is 11.5.